The van der Waals surface area contributed by atoms with Gasteiger partial charge in [0.25, 0.3) is 0 Å². The molecule has 0 aliphatic heterocycles. The SMILES string of the molecule is C[Si]C.C[c-]1ccc2ccccc21.Cl.Cl.Oc1ccccc1.[CH3-].[Ti+4].[c-]1ccccc1.c1ccc([CH-]c2ccccc2)cc1. The molecule has 0 aliphatic rings. The van der Waals surface area contributed by atoms with Gasteiger partial charge in [-0.1, -0.05) is 80.7 Å². The van der Waals surface area contributed by atoms with E-state index in [1.54, 1.807) is 24.3 Å². The van der Waals surface area contributed by atoms with Crippen molar-refractivity contribution in [3.05, 3.63) is 194 Å². The molecular weight excluding hydrogens is 619 g/mol. The van der Waals surface area contributed by atoms with E-state index < -0.39 is 0 Å². The number of rotatable bonds is 2. The van der Waals surface area contributed by atoms with Crippen molar-refractivity contribution >= 4 is 45.1 Å². The Morgan fingerprint density at radius 1 is 0.605 bits per heavy atom. The summed E-state index contributed by atoms with van der Waals surface area (Å²) in [7, 11) is 1.08. The number of aryl methyl sites for hydroxylation is 1. The van der Waals surface area contributed by atoms with Gasteiger partial charge in [0.2, 0.25) is 0 Å². The maximum Gasteiger partial charge on any atom is 4.00 e. The summed E-state index contributed by atoms with van der Waals surface area (Å²) in [5, 5.41) is 11.4. The summed E-state index contributed by atoms with van der Waals surface area (Å²) in [6, 6.07) is 54.7. The number of aromatic hydroxyl groups is 1. The zero-order valence-electron chi connectivity index (χ0n) is 25.4. The van der Waals surface area contributed by atoms with Crippen molar-refractivity contribution in [1.82, 2.24) is 0 Å². The van der Waals surface area contributed by atoms with Gasteiger partial charge in [0.1, 0.15) is 5.75 Å². The van der Waals surface area contributed by atoms with Crippen LogP contribution in [0.5, 0.6) is 5.75 Å². The quantitative estimate of drug-likeness (QED) is 0.145. The monoisotopic (exact) mass is 660 g/mol. The fraction of sp³-hybridized carbons (Fsp3) is 0.0789. The number of halogens is 2. The first-order valence-electron chi connectivity index (χ1n) is 12.9. The molecule has 1 nitrogen and oxygen atoms in total. The smallest absolute Gasteiger partial charge is 0.508 e. The number of hydrogen-bond acceptors (Lipinski definition) is 1. The molecule has 0 aromatic heterocycles. The number of fused-ring (bicyclic) bond motifs is 1. The summed E-state index contributed by atoms with van der Waals surface area (Å²) in [5.74, 6) is 0.322. The Bertz CT molecular complexity index is 1320. The molecule has 0 aliphatic carbocycles. The van der Waals surface area contributed by atoms with E-state index in [1.807, 2.05) is 48.5 Å². The normalized spacial score (nSPS) is 8.26. The molecule has 0 unspecified atom stereocenters. The molecular formula is C38H42Cl2OSiTi. The molecule has 0 spiro atoms. The van der Waals surface area contributed by atoms with Gasteiger partial charge in [0, 0.05) is 9.52 Å². The van der Waals surface area contributed by atoms with Crippen LogP contribution in [0.3, 0.4) is 0 Å². The molecule has 0 heterocycles. The molecule has 0 atom stereocenters. The van der Waals surface area contributed by atoms with Gasteiger partial charge >= 0.3 is 21.7 Å². The third kappa shape index (κ3) is 20.4. The van der Waals surface area contributed by atoms with Gasteiger partial charge in [0.05, 0.1) is 0 Å². The largest absolute Gasteiger partial charge is 4.00 e. The van der Waals surface area contributed by atoms with E-state index in [2.05, 4.69) is 117 Å². The van der Waals surface area contributed by atoms with E-state index >= 15 is 0 Å². The van der Waals surface area contributed by atoms with Crippen molar-refractivity contribution in [3.63, 3.8) is 0 Å². The molecule has 1 N–H and O–H groups in total. The van der Waals surface area contributed by atoms with Crippen LogP contribution in [0.2, 0.25) is 13.1 Å². The van der Waals surface area contributed by atoms with Crippen LogP contribution >= 0.6 is 24.8 Å². The molecule has 2 radical (unpaired) electrons. The minimum atomic E-state index is 0. The van der Waals surface area contributed by atoms with Crippen LogP contribution in [0.25, 0.3) is 10.8 Å². The first-order chi connectivity index (χ1) is 19.1. The minimum absolute atomic E-state index is 0. The molecule has 0 bridgehead atoms. The Hall–Kier alpha value is -3.11. The van der Waals surface area contributed by atoms with Crippen molar-refractivity contribution in [2.24, 2.45) is 0 Å². The third-order valence-corrected chi connectivity index (χ3v) is 5.19. The molecule has 6 rings (SSSR count). The van der Waals surface area contributed by atoms with E-state index in [1.165, 1.54) is 27.5 Å². The van der Waals surface area contributed by atoms with Gasteiger partial charge in [-0.2, -0.15) is 48.5 Å². The number of hydrogen-bond donors (Lipinski definition) is 1. The maximum absolute atomic E-state index is 8.63. The second-order valence-corrected chi connectivity index (χ2v) is 9.48. The zero-order valence-corrected chi connectivity index (χ0v) is 29.5. The molecule has 0 saturated heterocycles. The number of phenols is 1. The van der Waals surface area contributed by atoms with Gasteiger partial charge in [-0.15, -0.1) is 101 Å². The van der Waals surface area contributed by atoms with Crippen molar-refractivity contribution in [1.29, 1.82) is 0 Å². The first kappa shape index (κ1) is 44.3. The Morgan fingerprint density at radius 2 is 1.00 bits per heavy atom. The van der Waals surface area contributed by atoms with Gasteiger partial charge in [0.15, 0.2) is 0 Å². The second kappa shape index (κ2) is 29.0. The van der Waals surface area contributed by atoms with E-state index in [-0.39, 0.29) is 54.0 Å². The van der Waals surface area contributed by atoms with Crippen molar-refractivity contribution in [3.8, 4) is 5.75 Å². The Morgan fingerprint density at radius 3 is 1.35 bits per heavy atom. The van der Waals surface area contributed by atoms with Crippen molar-refractivity contribution in [2.75, 3.05) is 0 Å². The summed E-state index contributed by atoms with van der Waals surface area (Å²) in [6.45, 7) is 6.45. The molecule has 43 heavy (non-hydrogen) atoms. The molecule has 6 aromatic carbocycles. The van der Waals surface area contributed by atoms with E-state index in [0.29, 0.717) is 5.75 Å². The fourth-order valence-electron chi connectivity index (χ4n) is 3.37. The van der Waals surface area contributed by atoms with Crippen LogP contribution in [-0.4, -0.2) is 14.6 Å². The molecule has 5 heteroatoms. The number of phenolic OH excluding ortho intramolecular Hbond substituents is 1. The average molecular weight is 662 g/mol. The maximum atomic E-state index is 8.63. The van der Waals surface area contributed by atoms with Crippen LogP contribution in [0, 0.1) is 26.8 Å². The Kier molecular flexibility index (Phi) is 29.9. The fourth-order valence-corrected chi connectivity index (χ4v) is 3.37. The standard InChI is InChI=1S/C13H11.C10H9.C6H6O.C6H5.C2H6Si.CH3.2ClH.Ti/c1-3-7-12(8-4-1)11-13-9-5-2-6-10-13;1-8-6-7-9-4-2-3-5-10(8)9;7-6-4-2-1-3-5-6;1-2-4-6-5-3-1;1-3-2;;;;/h1-11H;2-7H,1H3;1-5,7H;1-5H;1-2H3;1H3;2*1H;/q2*-1;;-1;;-1;;;+4. The predicted octanol–water partition coefficient (Wildman–Crippen LogP) is 11.1. The molecule has 0 fully saturated rings. The van der Waals surface area contributed by atoms with Gasteiger partial charge in [-0.05, 0) is 12.1 Å². The zero-order chi connectivity index (χ0) is 28.0. The number of para-hydroxylation sites is 1. The summed E-state index contributed by atoms with van der Waals surface area (Å²) in [5.41, 5.74) is 3.86. The number of benzene rings is 5. The van der Waals surface area contributed by atoms with Crippen LogP contribution in [-0.2, 0) is 21.7 Å². The van der Waals surface area contributed by atoms with E-state index in [0.717, 1.165) is 9.52 Å². The van der Waals surface area contributed by atoms with Gasteiger partial charge < -0.3 is 12.5 Å². The third-order valence-electron chi connectivity index (χ3n) is 5.19. The van der Waals surface area contributed by atoms with E-state index in [4.69, 9.17) is 5.11 Å². The Balaban J connectivity index is -0.000000483. The van der Waals surface area contributed by atoms with Crippen LogP contribution < -0.4 is 0 Å². The molecule has 222 valence electrons. The van der Waals surface area contributed by atoms with Crippen LogP contribution in [0.4, 0.5) is 0 Å². The van der Waals surface area contributed by atoms with Crippen LogP contribution in [0.15, 0.2) is 158 Å². The van der Waals surface area contributed by atoms with Crippen LogP contribution in [0.1, 0.15) is 16.7 Å². The molecule has 0 amide bonds. The topological polar surface area (TPSA) is 20.2 Å². The first-order valence-corrected chi connectivity index (χ1v) is 14.9. The predicted molar refractivity (Wildman–Crippen MR) is 191 cm³/mol. The van der Waals surface area contributed by atoms with Gasteiger partial charge in [-0.25, -0.2) is 0 Å². The molecule has 6 aromatic rings. The average Bonchev–Trinajstić information content (AvgIpc) is 3.38. The molecule has 0 saturated carbocycles. The van der Waals surface area contributed by atoms with E-state index in [9.17, 15) is 0 Å². The minimum Gasteiger partial charge on any atom is -0.508 e. The second-order valence-electron chi connectivity index (χ2n) is 8.48. The van der Waals surface area contributed by atoms with Crippen molar-refractivity contribution in [2.45, 2.75) is 20.0 Å². The summed E-state index contributed by atoms with van der Waals surface area (Å²) in [4.78, 5) is 0. The summed E-state index contributed by atoms with van der Waals surface area (Å²) >= 11 is 0. The summed E-state index contributed by atoms with van der Waals surface area (Å²) in [6.07, 6.45) is 2.17. The summed E-state index contributed by atoms with van der Waals surface area (Å²) < 4.78 is 0. The Labute approximate surface area is 290 Å². The van der Waals surface area contributed by atoms with Crippen molar-refractivity contribution < 1.29 is 26.8 Å². The van der Waals surface area contributed by atoms with Gasteiger partial charge in [-0.3, -0.25) is 0 Å².